The zero-order chi connectivity index (χ0) is 9.97. The molecule has 1 saturated heterocycles. The molecule has 3 nitrogen and oxygen atoms in total. The van der Waals surface area contributed by atoms with Gasteiger partial charge in [0, 0.05) is 0 Å². The largest absolute Gasteiger partial charge is 0.488 e. The Hall–Kier alpha value is -1.51. The molecule has 0 spiro atoms. The molecule has 1 aliphatic heterocycles. The summed E-state index contributed by atoms with van der Waals surface area (Å²) in [6.45, 7) is 2.49. The summed E-state index contributed by atoms with van der Waals surface area (Å²) >= 11 is 0. The predicted octanol–water partition coefficient (Wildman–Crippen LogP) is 1.20. The number of hydrogen-bond donors (Lipinski definition) is 1. The van der Waals surface area contributed by atoms with Crippen molar-refractivity contribution in [3.05, 3.63) is 30.3 Å². The van der Waals surface area contributed by atoms with Crippen LogP contribution in [0.25, 0.3) is 0 Å². The SMILES string of the molecule is CC1C(=O)NCC1Oc1ccccc1. The van der Waals surface area contributed by atoms with E-state index < -0.39 is 0 Å². The van der Waals surface area contributed by atoms with Gasteiger partial charge in [-0.1, -0.05) is 18.2 Å². The topological polar surface area (TPSA) is 38.3 Å². The highest BCUT2D eigenvalue weighted by molar-refractivity contribution is 5.81. The van der Waals surface area contributed by atoms with Gasteiger partial charge in [0.1, 0.15) is 11.9 Å². The maximum Gasteiger partial charge on any atom is 0.226 e. The van der Waals surface area contributed by atoms with Crippen LogP contribution in [0, 0.1) is 5.92 Å². The quantitative estimate of drug-likeness (QED) is 0.762. The van der Waals surface area contributed by atoms with Crippen LogP contribution in [0.15, 0.2) is 30.3 Å². The van der Waals surface area contributed by atoms with E-state index in [2.05, 4.69) is 5.32 Å². The zero-order valence-corrected chi connectivity index (χ0v) is 8.07. The van der Waals surface area contributed by atoms with Crippen molar-refractivity contribution in [1.29, 1.82) is 0 Å². The fraction of sp³-hybridized carbons (Fsp3) is 0.364. The van der Waals surface area contributed by atoms with Gasteiger partial charge < -0.3 is 10.1 Å². The normalized spacial score (nSPS) is 25.9. The molecule has 74 valence electrons. The molecule has 2 rings (SSSR count). The Morgan fingerprint density at radius 1 is 1.36 bits per heavy atom. The van der Waals surface area contributed by atoms with Crippen LogP contribution in [-0.2, 0) is 4.79 Å². The molecular weight excluding hydrogens is 178 g/mol. The Morgan fingerprint density at radius 2 is 2.07 bits per heavy atom. The lowest BCUT2D eigenvalue weighted by atomic mass is 10.1. The Bertz CT molecular complexity index is 323. The monoisotopic (exact) mass is 191 g/mol. The molecule has 14 heavy (non-hydrogen) atoms. The number of amides is 1. The summed E-state index contributed by atoms with van der Waals surface area (Å²) in [7, 11) is 0. The van der Waals surface area contributed by atoms with Crippen LogP contribution in [0.5, 0.6) is 5.75 Å². The summed E-state index contributed by atoms with van der Waals surface area (Å²) in [5, 5.41) is 2.78. The molecule has 1 heterocycles. The van der Waals surface area contributed by atoms with Gasteiger partial charge in [-0.3, -0.25) is 4.79 Å². The maximum atomic E-state index is 11.2. The van der Waals surface area contributed by atoms with Crippen LogP contribution >= 0.6 is 0 Å². The number of benzene rings is 1. The molecule has 0 bridgehead atoms. The lowest BCUT2D eigenvalue weighted by Crippen LogP contribution is -2.24. The molecule has 1 N–H and O–H groups in total. The summed E-state index contributed by atoms with van der Waals surface area (Å²) in [4.78, 5) is 11.2. The minimum absolute atomic E-state index is 0.0371. The number of ether oxygens (including phenoxy) is 1. The highest BCUT2D eigenvalue weighted by Gasteiger charge is 2.32. The first-order valence-electron chi connectivity index (χ1n) is 4.77. The smallest absolute Gasteiger partial charge is 0.226 e. The molecule has 0 radical (unpaired) electrons. The van der Waals surface area contributed by atoms with Gasteiger partial charge in [-0.15, -0.1) is 0 Å². The Balaban J connectivity index is 2.02. The van der Waals surface area contributed by atoms with Crippen LogP contribution in [0.4, 0.5) is 0 Å². The number of rotatable bonds is 2. The summed E-state index contributed by atoms with van der Waals surface area (Å²) in [6, 6.07) is 9.58. The number of hydrogen-bond acceptors (Lipinski definition) is 2. The van der Waals surface area contributed by atoms with Crippen molar-refractivity contribution in [3.8, 4) is 5.75 Å². The van der Waals surface area contributed by atoms with Crippen molar-refractivity contribution in [2.75, 3.05) is 6.54 Å². The molecule has 3 heteroatoms. The predicted molar refractivity (Wildman–Crippen MR) is 53.0 cm³/mol. The van der Waals surface area contributed by atoms with E-state index in [-0.39, 0.29) is 17.9 Å². The molecule has 1 amide bonds. The molecule has 1 fully saturated rings. The fourth-order valence-corrected chi connectivity index (χ4v) is 1.53. The number of carbonyl (C=O) groups excluding carboxylic acids is 1. The summed E-state index contributed by atoms with van der Waals surface area (Å²) in [5.74, 6) is 0.835. The third-order valence-corrected chi connectivity index (χ3v) is 2.48. The first kappa shape index (κ1) is 9.06. The second-order valence-electron chi connectivity index (χ2n) is 3.50. The summed E-state index contributed by atoms with van der Waals surface area (Å²) in [6.07, 6.45) is -0.0371. The van der Waals surface area contributed by atoms with Crippen LogP contribution in [0.2, 0.25) is 0 Å². The van der Waals surface area contributed by atoms with E-state index in [0.717, 1.165) is 5.75 Å². The van der Waals surface area contributed by atoms with Crippen LogP contribution in [0.1, 0.15) is 6.92 Å². The molecule has 0 saturated carbocycles. The van der Waals surface area contributed by atoms with Gasteiger partial charge in [-0.25, -0.2) is 0 Å². The lowest BCUT2D eigenvalue weighted by molar-refractivity contribution is -0.122. The molecule has 0 aromatic heterocycles. The van der Waals surface area contributed by atoms with Crippen LogP contribution in [-0.4, -0.2) is 18.6 Å². The second-order valence-corrected chi connectivity index (χ2v) is 3.50. The Kier molecular flexibility index (Phi) is 2.39. The fourth-order valence-electron chi connectivity index (χ4n) is 1.53. The standard InChI is InChI=1S/C11H13NO2/c1-8-10(7-12-11(8)13)14-9-5-3-2-4-6-9/h2-6,8,10H,7H2,1H3,(H,12,13). The Morgan fingerprint density at radius 3 is 2.64 bits per heavy atom. The average molecular weight is 191 g/mol. The van der Waals surface area contributed by atoms with Gasteiger partial charge in [-0.2, -0.15) is 0 Å². The number of para-hydroxylation sites is 1. The third-order valence-electron chi connectivity index (χ3n) is 2.48. The maximum absolute atomic E-state index is 11.2. The van der Waals surface area contributed by atoms with Crippen molar-refractivity contribution < 1.29 is 9.53 Å². The molecular formula is C11H13NO2. The zero-order valence-electron chi connectivity index (χ0n) is 8.07. The number of carbonyl (C=O) groups is 1. The van der Waals surface area contributed by atoms with Gasteiger partial charge in [0.25, 0.3) is 0 Å². The Labute approximate surface area is 83.1 Å². The summed E-state index contributed by atoms with van der Waals surface area (Å²) in [5.41, 5.74) is 0. The van der Waals surface area contributed by atoms with Crippen LogP contribution < -0.4 is 10.1 Å². The van der Waals surface area contributed by atoms with Gasteiger partial charge in [0.2, 0.25) is 5.91 Å². The van der Waals surface area contributed by atoms with Crippen molar-refractivity contribution >= 4 is 5.91 Å². The van der Waals surface area contributed by atoms with E-state index >= 15 is 0 Å². The third kappa shape index (κ3) is 1.71. The highest BCUT2D eigenvalue weighted by Crippen LogP contribution is 2.18. The minimum Gasteiger partial charge on any atom is -0.488 e. The first-order chi connectivity index (χ1) is 6.77. The van der Waals surface area contributed by atoms with Crippen molar-refractivity contribution in [2.24, 2.45) is 5.92 Å². The number of nitrogens with one attached hydrogen (secondary N) is 1. The van der Waals surface area contributed by atoms with Gasteiger partial charge >= 0.3 is 0 Å². The van der Waals surface area contributed by atoms with Gasteiger partial charge in [-0.05, 0) is 19.1 Å². The van der Waals surface area contributed by atoms with E-state index in [1.807, 2.05) is 37.3 Å². The van der Waals surface area contributed by atoms with E-state index in [1.54, 1.807) is 0 Å². The lowest BCUT2D eigenvalue weighted by Gasteiger charge is -2.15. The molecule has 1 aromatic carbocycles. The van der Waals surface area contributed by atoms with E-state index in [9.17, 15) is 4.79 Å². The van der Waals surface area contributed by atoms with E-state index in [1.165, 1.54) is 0 Å². The van der Waals surface area contributed by atoms with Crippen molar-refractivity contribution in [1.82, 2.24) is 5.32 Å². The van der Waals surface area contributed by atoms with Gasteiger partial charge in [0.05, 0.1) is 12.5 Å². The summed E-state index contributed by atoms with van der Waals surface area (Å²) < 4.78 is 5.67. The average Bonchev–Trinajstić information content (AvgIpc) is 2.52. The molecule has 0 aliphatic carbocycles. The van der Waals surface area contributed by atoms with E-state index in [0.29, 0.717) is 6.54 Å². The molecule has 2 unspecified atom stereocenters. The molecule has 1 aliphatic rings. The van der Waals surface area contributed by atoms with Crippen molar-refractivity contribution in [2.45, 2.75) is 13.0 Å². The van der Waals surface area contributed by atoms with E-state index in [4.69, 9.17) is 4.74 Å². The molecule has 1 aromatic rings. The van der Waals surface area contributed by atoms with Gasteiger partial charge in [0.15, 0.2) is 0 Å². The highest BCUT2D eigenvalue weighted by atomic mass is 16.5. The minimum atomic E-state index is -0.0600. The van der Waals surface area contributed by atoms with Crippen LogP contribution in [0.3, 0.4) is 0 Å². The van der Waals surface area contributed by atoms with Crippen molar-refractivity contribution in [3.63, 3.8) is 0 Å². The molecule has 2 atom stereocenters. The second kappa shape index (κ2) is 3.70. The first-order valence-corrected chi connectivity index (χ1v) is 4.77.